The summed E-state index contributed by atoms with van der Waals surface area (Å²) >= 11 is 0. The number of para-hydroxylation sites is 2. The number of carbonyl (C=O) groups is 3. The zero-order valence-corrected chi connectivity index (χ0v) is 22.3. The Morgan fingerprint density at radius 1 is 0.949 bits per heavy atom. The molecular weight excluding hydrogens is 490 g/mol. The number of imide groups is 2. The number of rotatable bonds is 8. The van der Waals surface area contributed by atoms with Gasteiger partial charge in [0.15, 0.2) is 0 Å². The van der Waals surface area contributed by atoms with Crippen LogP contribution in [0.4, 0.5) is 10.5 Å². The average Bonchev–Trinajstić information content (AvgIpc) is 3.29. The van der Waals surface area contributed by atoms with Gasteiger partial charge in [-0.1, -0.05) is 62.4 Å². The monoisotopic (exact) mass is 521 g/mol. The van der Waals surface area contributed by atoms with Crippen molar-refractivity contribution in [3.8, 4) is 5.75 Å². The fraction of sp³-hybridized carbons (Fsp3) is 0.219. The number of aryl methyl sites for hydroxylation is 1. The van der Waals surface area contributed by atoms with E-state index in [1.807, 2.05) is 78.4 Å². The first-order chi connectivity index (χ1) is 18.9. The van der Waals surface area contributed by atoms with Crippen LogP contribution in [0.5, 0.6) is 5.75 Å². The number of amides is 4. The maximum atomic E-state index is 13.5. The van der Waals surface area contributed by atoms with Crippen LogP contribution in [0.25, 0.3) is 17.0 Å². The molecule has 2 heterocycles. The first-order valence-corrected chi connectivity index (χ1v) is 13.1. The minimum Gasteiger partial charge on any atom is -0.491 e. The maximum Gasteiger partial charge on any atom is 0.335 e. The van der Waals surface area contributed by atoms with E-state index < -0.39 is 17.8 Å². The molecule has 7 nitrogen and oxygen atoms in total. The molecular formula is C32H31N3O4. The zero-order valence-electron chi connectivity index (χ0n) is 22.3. The Balaban J connectivity index is 1.43. The van der Waals surface area contributed by atoms with E-state index >= 15 is 0 Å². The first kappa shape index (κ1) is 26.0. The molecule has 0 spiro atoms. The topological polar surface area (TPSA) is 80.6 Å². The Morgan fingerprint density at radius 2 is 1.67 bits per heavy atom. The van der Waals surface area contributed by atoms with Crippen molar-refractivity contribution in [2.24, 2.45) is 0 Å². The van der Waals surface area contributed by atoms with Gasteiger partial charge in [-0.25, -0.2) is 9.69 Å². The number of benzene rings is 3. The van der Waals surface area contributed by atoms with E-state index in [-0.39, 0.29) is 5.57 Å². The van der Waals surface area contributed by atoms with E-state index in [0.29, 0.717) is 30.3 Å². The number of ether oxygens (including phenoxy) is 1. The van der Waals surface area contributed by atoms with Gasteiger partial charge in [-0.05, 0) is 60.7 Å². The summed E-state index contributed by atoms with van der Waals surface area (Å²) in [5, 5.41) is 3.21. The summed E-state index contributed by atoms with van der Waals surface area (Å²) in [5.74, 6) is -0.166. The Hall–Kier alpha value is -4.65. The number of fused-ring (bicyclic) bond motifs is 1. The molecule has 1 aliphatic heterocycles. The molecule has 1 fully saturated rings. The third-order valence-corrected chi connectivity index (χ3v) is 7.24. The molecule has 0 aliphatic carbocycles. The number of aromatic nitrogens is 1. The number of anilines is 1. The van der Waals surface area contributed by atoms with Crippen molar-refractivity contribution in [3.63, 3.8) is 0 Å². The molecule has 4 amide bonds. The summed E-state index contributed by atoms with van der Waals surface area (Å²) in [4.78, 5) is 40.0. The molecule has 4 aromatic rings. The first-order valence-electron chi connectivity index (χ1n) is 13.1. The molecule has 1 aromatic heterocycles. The molecule has 7 heteroatoms. The van der Waals surface area contributed by atoms with E-state index in [4.69, 9.17) is 4.74 Å². The van der Waals surface area contributed by atoms with E-state index in [2.05, 4.69) is 19.2 Å². The highest BCUT2D eigenvalue weighted by Gasteiger charge is 2.37. The van der Waals surface area contributed by atoms with Crippen molar-refractivity contribution < 1.29 is 19.1 Å². The molecule has 1 aliphatic rings. The van der Waals surface area contributed by atoms with Crippen LogP contribution >= 0.6 is 0 Å². The smallest absolute Gasteiger partial charge is 0.335 e. The predicted molar refractivity (Wildman–Crippen MR) is 153 cm³/mol. The molecule has 0 saturated carbocycles. The lowest BCUT2D eigenvalue weighted by atomic mass is 9.98. The van der Waals surface area contributed by atoms with Crippen LogP contribution in [-0.4, -0.2) is 29.0 Å². The fourth-order valence-corrected chi connectivity index (χ4v) is 4.78. The molecule has 1 atom stereocenters. The molecule has 39 heavy (non-hydrogen) atoms. The van der Waals surface area contributed by atoms with Crippen molar-refractivity contribution in [1.29, 1.82) is 0 Å². The zero-order chi connectivity index (χ0) is 27.5. The van der Waals surface area contributed by atoms with E-state index in [1.165, 1.54) is 0 Å². The number of carbonyl (C=O) groups excluding carboxylic acids is 3. The molecule has 1 N–H and O–H groups in total. The summed E-state index contributed by atoms with van der Waals surface area (Å²) in [7, 11) is 0. The van der Waals surface area contributed by atoms with Crippen LogP contribution in [-0.2, 0) is 16.1 Å². The lowest BCUT2D eigenvalue weighted by molar-refractivity contribution is -0.122. The van der Waals surface area contributed by atoms with E-state index in [0.717, 1.165) is 39.1 Å². The van der Waals surface area contributed by atoms with Gasteiger partial charge in [0.1, 0.15) is 17.9 Å². The van der Waals surface area contributed by atoms with Crippen molar-refractivity contribution in [2.75, 3.05) is 11.5 Å². The van der Waals surface area contributed by atoms with Crippen LogP contribution < -0.4 is 15.0 Å². The highest BCUT2D eigenvalue weighted by molar-refractivity contribution is 6.39. The van der Waals surface area contributed by atoms with Crippen LogP contribution in [0.1, 0.15) is 42.9 Å². The maximum absolute atomic E-state index is 13.5. The number of hydrogen-bond acceptors (Lipinski definition) is 4. The van der Waals surface area contributed by atoms with Crippen LogP contribution in [0.15, 0.2) is 84.6 Å². The highest BCUT2D eigenvalue weighted by Crippen LogP contribution is 2.28. The third kappa shape index (κ3) is 5.21. The lowest BCUT2D eigenvalue weighted by Crippen LogP contribution is -2.54. The largest absolute Gasteiger partial charge is 0.491 e. The number of hydrogen-bond donors (Lipinski definition) is 1. The summed E-state index contributed by atoms with van der Waals surface area (Å²) in [5.41, 5.74) is 4.17. The molecule has 1 unspecified atom stereocenters. The number of barbiturate groups is 1. The van der Waals surface area contributed by atoms with Gasteiger partial charge < -0.3 is 9.30 Å². The van der Waals surface area contributed by atoms with Gasteiger partial charge in [0, 0.05) is 22.7 Å². The van der Waals surface area contributed by atoms with Gasteiger partial charge in [-0.3, -0.25) is 14.9 Å². The summed E-state index contributed by atoms with van der Waals surface area (Å²) in [6, 6.07) is 22.2. The fourth-order valence-electron chi connectivity index (χ4n) is 4.78. The minimum absolute atomic E-state index is 0.0975. The predicted octanol–water partition coefficient (Wildman–Crippen LogP) is 6.21. The number of nitrogens with one attached hydrogen (secondary N) is 1. The average molecular weight is 522 g/mol. The van der Waals surface area contributed by atoms with Gasteiger partial charge in [0.25, 0.3) is 11.8 Å². The second-order valence-electron chi connectivity index (χ2n) is 9.77. The van der Waals surface area contributed by atoms with Crippen LogP contribution in [0.2, 0.25) is 0 Å². The Morgan fingerprint density at radius 3 is 2.41 bits per heavy atom. The van der Waals surface area contributed by atoms with Gasteiger partial charge in [-0.15, -0.1) is 0 Å². The summed E-state index contributed by atoms with van der Waals surface area (Å²) in [6.45, 7) is 7.26. The second-order valence-corrected chi connectivity index (χ2v) is 9.77. The van der Waals surface area contributed by atoms with Gasteiger partial charge in [0.05, 0.1) is 12.2 Å². The lowest BCUT2D eigenvalue weighted by Gasteiger charge is -2.26. The van der Waals surface area contributed by atoms with Gasteiger partial charge in [0.2, 0.25) is 0 Å². The second kappa shape index (κ2) is 11.0. The molecule has 0 bridgehead atoms. The molecule has 5 rings (SSSR count). The van der Waals surface area contributed by atoms with Gasteiger partial charge >= 0.3 is 6.03 Å². The molecule has 3 aromatic carbocycles. The quantitative estimate of drug-likeness (QED) is 0.221. The summed E-state index contributed by atoms with van der Waals surface area (Å²) in [6.07, 6.45) is 4.45. The standard InChI is InChI=1S/C32H31N3O4/c1-4-21(2)23-13-15-25(16-14-23)35-31(37)27(30(36)33-32(35)38)19-24-20-34(28-11-7-6-10-26(24)28)17-18-39-29-12-8-5-9-22(29)3/h5-16,19-21H,4,17-18H2,1-3H3,(H,33,36,38). The van der Waals surface area contributed by atoms with Crippen LogP contribution in [0, 0.1) is 6.92 Å². The SMILES string of the molecule is CCC(C)c1ccc(N2C(=O)NC(=O)C(=Cc3cn(CCOc4ccccc4C)c4ccccc34)C2=O)cc1. The molecule has 1 saturated heterocycles. The molecule has 198 valence electrons. The van der Waals surface area contributed by atoms with Crippen molar-refractivity contribution in [2.45, 2.75) is 39.7 Å². The van der Waals surface area contributed by atoms with Crippen molar-refractivity contribution >= 4 is 40.5 Å². The number of urea groups is 1. The van der Waals surface area contributed by atoms with Gasteiger partial charge in [-0.2, -0.15) is 0 Å². The van der Waals surface area contributed by atoms with Crippen molar-refractivity contribution in [1.82, 2.24) is 9.88 Å². The van der Waals surface area contributed by atoms with Crippen molar-refractivity contribution in [3.05, 3.63) is 101 Å². The normalized spacial score (nSPS) is 15.6. The number of nitrogens with zero attached hydrogens (tertiary/aromatic N) is 2. The third-order valence-electron chi connectivity index (χ3n) is 7.24. The Labute approximate surface area is 227 Å². The molecule has 0 radical (unpaired) electrons. The van der Waals surface area contributed by atoms with E-state index in [1.54, 1.807) is 18.2 Å². The van der Waals surface area contributed by atoms with E-state index in [9.17, 15) is 14.4 Å². The van der Waals surface area contributed by atoms with Crippen LogP contribution in [0.3, 0.4) is 0 Å². The highest BCUT2D eigenvalue weighted by atomic mass is 16.5. The Bertz CT molecular complexity index is 1580. The summed E-state index contributed by atoms with van der Waals surface area (Å²) < 4.78 is 8.03. The minimum atomic E-state index is -0.755. The Kier molecular flexibility index (Phi) is 7.32.